The van der Waals surface area contributed by atoms with Crippen molar-refractivity contribution in [3.63, 3.8) is 0 Å². The Morgan fingerprint density at radius 3 is 2.33 bits per heavy atom. The Morgan fingerprint density at radius 2 is 1.78 bits per heavy atom. The Morgan fingerprint density at radius 1 is 1.06 bits per heavy atom. The van der Waals surface area contributed by atoms with Crippen LogP contribution < -0.4 is 10.1 Å². The fourth-order valence-corrected chi connectivity index (χ4v) is 1.98. The van der Waals surface area contributed by atoms with Crippen molar-refractivity contribution >= 4 is 0 Å². The lowest BCUT2D eigenvalue weighted by molar-refractivity contribution is 0.317. The molecule has 1 rings (SSSR count). The molecule has 1 N–H and O–H groups in total. The van der Waals surface area contributed by atoms with Crippen molar-refractivity contribution in [3.05, 3.63) is 29.8 Å². The maximum atomic E-state index is 5.58. The second kappa shape index (κ2) is 8.98. The lowest BCUT2D eigenvalue weighted by Crippen LogP contribution is -2.27. The summed E-state index contributed by atoms with van der Waals surface area (Å²) < 4.78 is 5.58. The number of hydrogen-bond acceptors (Lipinski definition) is 2. The van der Waals surface area contributed by atoms with Crippen LogP contribution >= 0.6 is 0 Å². The van der Waals surface area contributed by atoms with Gasteiger partial charge in [0, 0.05) is 12.6 Å². The third-order valence-electron chi connectivity index (χ3n) is 3.12. The van der Waals surface area contributed by atoms with E-state index in [0.717, 1.165) is 25.3 Å². The van der Waals surface area contributed by atoms with Crippen molar-refractivity contribution < 1.29 is 4.74 Å². The standard InChI is InChI=1S/C16H27NO/c1-4-7-15(6-3)17-13-14-8-10-16(11-9-14)18-12-5-2/h8-11,15,17H,4-7,12-13H2,1-3H3. The number of ether oxygens (including phenoxy) is 1. The molecular weight excluding hydrogens is 222 g/mol. The van der Waals surface area contributed by atoms with Gasteiger partial charge in [0.1, 0.15) is 5.75 Å². The van der Waals surface area contributed by atoms with Gasteiger partial charge in [0.25, 0.3) is 0 Å². The summed E-state index contributed by atoms with van der Waals surface area (Å²) in [6, 6.07) is 9.07. The Balaban J connectivity index is 2.38. The molecule has 0 spiro atoms. The molecule has 0 aromatic heterocycles. The van der Waals surface area contributed by atoms with Gasteiger partial charge >= 0.3 is 0 Å². The lowest BCUT2D eigenvalue weighted by Gasteiger charge is -2.16. The third kappa shape index (κ3) is 5.54. The molecule has 1 unspecified atom stereocenters. The minimum atomic E-state index is 0.644. The molecule has 1 aromatic rings. The van der Waals surface area contributed by atoms with E-state index in [1.54, 1.807) is 0 Å². The summed E-state index contributed by atoms with van der Waals surface area (Å²) in [5.74, 6) is 0.973. The van der Waals surface area contributed by atoms with E-state index < -0.39 is 0 Å². The van der Waals surface area contributed by atoms with Crippen LogP contribution in [0.1, 0.15) is 52.0 Å². The zero-order chi connectivity index (χ0) is 13.2. The second-order valence-electron chi connectivity index (χ2n) is 4.77. The molecule has 2 heteroatoms. The van der Waals surface area contributed by atoms with Gasteiger partial charge < -0.3 is 10.1 Å². The molecule has 0 radical (unpaired) electrons. The van der Waals surface area contributed by atoms with Crippen LogP contribution in [0.3, 0.4) is 0 Å². The third-order valence-corrected chi connectivity index (χ3v) is 3.12. The van der Waals surface area contributed by atoms with Gasteiger partial charge in [-0.15, -0.1) is 0 Å². The monoisotopic (exact) mass is 249 g/mol. The van der Waals surface area contributed by atoms with E-state index in [-0.39, 0.29) is 0 Å². The molecule has 2 nitrogen and oxygen atoms in total. The van der Waals surface area contributed by atoms with E-state index >= 15 is 0 Å². The van der Waals surface area contributed by atoms with Crippen LogP contribution in [0.25, 0.3) is 0 Å². The van der Waals surface area contributed by atoms with Gasteiger partial charge in [-0.05, 0) is 37.0 Å². The summed E-state index contributed by atoms with van der Waals surface area (Å²) in [6.07, 6.45) is 4.76. The quantitative estimate of drug-likeness (QED) is 0.710. The summed E-state index contributed by atoms with van der Waals surface area (Å²) in [7, 11) is 0. The van der Waals surface area contributed by atoms with Crippen LogP contribution in [-0.2, 0) is 6.54 Å². The summed E-state index contributed by atoms with van der Waals surface area (Å²) in [5, 5.41) is 3.61. The minimum Gasteiger partial charge on any atom is -0.494 e. The molecule has 102 valence electrons. The van der Waals surface area contributed by atoms with Crippen molar-refractivity contribution in [1.29, 1.82) is 0 Å². The van der Waals surface area contributed by atoms with Gasteiger partial charge in [0.05, 0.1) is 6.61 Å². The first-order valence-electron chi connectivity index (χ1n) is 7.25. The zero-order valence-electron chi connectivity index (χ0n) is 12.0. The average Bonchev–Trinajstić information content (AvgIpc) is 2.42. The molecule has 0 amide bonds. The Labute approximate surface area is 112 Å². The van der Waals surface area contributed by atoms with Crippen LogP contribution in [0.4, 0.5) is 0 Å². The number of hydrogen-bond donors (Lipinski definition) is 1. The van der Waals surface area contributed by atoms with E-state index in [0.29, 0.717) is 6.04 Å². The number of benzene rings is 1. The minimum absolute atomic E-state index is 0.644. The summed E-state index contributed by atoms with van der Waals surface area (Å²) >= 11 is 0. The van der Waals surface area contributed by atoms with Crippen LogP contribution in [-0.4, -0.2) is 12.6 Å². The van der Waals surface area contributed by atoms with Gasteiger partial charge in [-0.1, -0.05) is 39.3 Å². The van der Waals surface area contributed by atoms with Crippen molar-refractivity contribution in [1.82, 2.24) is 5.32 Å². The highest BCUT2D eigenvalue weighted by Gasteiger charge is 2.03. The van der Waals surface area contributed by atoms with Crippen molar-refractivity contribution in [2.24, 2.45) is 0 Å². The van der Waals surface area contributed by atoms with E-state index in [9.17, 15) is 0 Å². The van der Waals surface area contributed by atoms with E-state index in [1.165, 1.54) is 24.8 Å². The fraction of sp³-hybridized carbons (Fsp3) is 0.625. The molecule has 0 aliphatic carbocycles. The van der Waals surface area contributed by atoms with E-state index in [2.05, 4.69) is 50.4 Å². The summed E-state index contributed by atoms with van der Waals surface area (Å²) in [6.45, 7) is 8.36. The predicted molar refractivity (Wildman–Crippen MR) is 78.1 cm³/mol. The number of nitrogens with one attached hydrogen (secondary N) is 1. The first-order chi connectivity index (χ1) is 8.80. The first kappa shape index (κ1) is 15.0. The van der Waals surface area contributed by atoms with Crippen molar-refractivity contribution in [2.45, 2.75) is 59.0 Å². The normalized spacial score (nSPS) is 12.4. The van der Waals surface area contributed by atoms with Gasteiger partial charge in [0.15, 0.2) is 0 Å². The maximum Gasteiger partial charge on any atom is 0.119 e. The molecule has 0 heterocycles. The molecule has 0 bridgehead atoms. The van der Waals surface area contributed by atoms with Crippen LogP contribution in [0.2, 0.25) is 0 Å². The fourth-order valence-electron chi connectivity index (χ4n) is 1.98. The molecule has 1 aromatic carbocycles. The topological polar surface area (TPSA) is 21.3 Å². The van der Waals surface area contributed by atoms with E-state index in [4.69, 9.17) is 4.74 Å². The van der Waals surface area contributed by atoms with Gasteiger partial charge in [-0.3, -0.25) is 0 Å². The van der Waals surface area contributed by atoms with Gasteiger partial charge in [0.2, 0.25) is 0 Å². The molecule has 0 aliphatic heterocycles. The van der Waals surface area contributed by atoms with Gasteiger partial charge in [-0.2, -0.15) is 0 Å². The van der Waals surface area contributed by atoms with Crippen LogP contribution in [0.15, 0.2) is 24.3 Å². The molecule has 1 atom stereocenters. The summed E-state index contributed by atoms with van der Waals surface area (Å²) in [5.41, 5.74) is 1.33. The molecule has 0 fully saturated rings. The Bertz CT molecular complexity index is 307. The lowest BCUT2D eigenvalue weighted by atomic mass is 10.1. The zero-order valence-corrected chi connectivity index (χ0v) is 12.0. The Kier molecular flexibility index (Phi) is 7.51. The van der Waals surface area contributed by atoms with E-state index in [1.807, 2.05) is 0 Å². The number of rotatable bonds is 9. The smallest absolute Gasteiger partial charge is 0.119 e. The molecule has 18 heavy (non-hydrogen) atoms. The highest BCUT2D eigenvalue weighted by Crippen LogP contribution is 2.13. The second-order valence-corrected chi connectivity index (χ2v) is 4.77. The molecule has 0 saturated carbocycles. The van der Waals surface area contributed by atoms with Crippen molar-refractivity contribution in [2.75, 3.05) is 6.61 Å². The first-order valence-corrected chi connectivity index (χ1v) is 7.25. The highest BCUT2D eigenvalue weighted by molar-refractivity contribution is 5.27. The molecular formula is C16H27NO. The largest absolute Gasteiger partial charge is 0.494 e. The molecule has 0 aliphatic rings. The van der Waals surface area contributed by atoms with Gasteiger partial charge in [-0.25, -0.2) is 0 Å². The van der Waals surface area contributed by atoms with Crippen LogP contribution in [0, 0.1) is 0 Å². The Hall–Kier alpha value is -1.02. The maximum absolute atomic E-state index is 5.58. The van der Waals surface area contributed by atoms with Crippen LogP contribution in [0.5, 0.6) is 5.75 Å². The molecule has 0 saturated heterocycles. The predicted octanol–water partition coefficient (Wildman–Crippen LogP) is 4.14. The SMILES string of the molecule is CCCOc1ccc(CNC(CC)CCC)cc1. The van der Waals surface area contributed by atoms with Crippen molar-refractivity contribution in [3.8, 4) is 5.75 Å². The average molecular weight is 249 g/mol. The summed E-state index contributed by atoms with van der Waals surface area (Å²) in [4.78, 5) is 0. The highest BCUT2D eigenvalue weighted by atomic mass is 16.5.